The van der Waals surface area contributed by atoms with Crippen molar-refractivity contribution >= 4 is 5.69 Å². The van der Waals surface area contributed by atoms with Crippen LogP contribution in [0.3, 0.4) is 0 Å². The van der Waals surface area contributed by atoms with Crippen LogP contribution in [0.2, 0.25) is 0 Å². The predicted octanol–water partition coefficient (Wildman–Crippen LogP) is 7.76. The fraction of sp³-hybridized carbons (Fsp3) is 0.0909. The Morgan fingerprint density at radius 3 is 1.53 bits per heavy atom. The Balaban J connectivity index is 1.66. The minimum atomic E-state index is -0.316. The second-order valence-corrected chi connectivity index (χ2v) is 9.56. The van der Waals surface area contributed by atoms with E-state index in [1.165, 1.54) is 61.3 Å². The van der Waals surface area contributed by atoms with Crippen LogP contribution in [0.15, 0.2) is 115 Å². The zero-order valence-electron chi connectivity index (χ0n) is 19.4. The molecule has 1 nitrogen and oxygen atoms in total. The van der Waals surface area contributed by atoms with E-state index < -0.39 is 0 Å². The molecule has 5 aromatic rings. The minimum absolute atomic E-state index is 0.316. The molecule has 0 heterocycles. The molecule has 2 aliphatic rings. The smallest absolute Gasteiger partial charge is 0.0731 e. The highest BCUT2D eigenvalue weighted by atomic mass is 15.1. The van der Waals surface area contributed by atoms with Gasteiger partial charge in [-0.05, 0) is 67.8 Å². The summed E-state index contributed by atoms with van der Waals surface area (Å²) in [5, 5.41) is 0. The molecular formula is C33H25N. The summed E-state index contributed by atoms with van der Waals surface area (Å²) in [5.74, 6) is 0. The predicted molar refractivity (Wildman–Crippen MR) is 143 cm³/mol. The Kier molecular flexibility index (Phi) is 3.96. The molecule has 7 rings (SSSR count). The summed E-state index contributed by atoms with van der Waals surface area (Å²) >= 11 is 0. The van der Waals surface area contributed by atoms with Crippen molar-refractivity contribution in [3.63, 3.8) is 0 Å². The van der Waals surface area contributed by atoms with Gasteiger partial charge in [0.1, 0.15) is 0 Å². The number of rotatable bonds is 2. The maximum absolute atomic E-state index is 2.34. The van der Waals surface area contributed by atoms with Crippen LogP contribution in [0.5, 0.6) is 0 Å². The average molecular weight is 436 g/mol. The molecule has 2 aliphatic carbocycles. The van der Waals surface area contributed by atoms with Crippen molar-refractivity contribution in [3.05, 3.63) is 138 Å². The average Bonchev–Trinajstić information content (AvgIpc) is 3.36. The van der Waals surface area contributed by atoms with E-state index in [0.29, 0.717) is 0 Å². The highest BCUT2D eigenvalue weighted by molar-refractivity contribution is 5.98. The van der Waals surface area contributed by atoms with Crippen molar-refractivity contribution in [2.45, 2.75) is 5.41 Å². The first-order valence-electron chi connectivity index (χ1n) is 11.9. The first-order chi connectivity index (χ1) is 16.7. The van der Waals surface area contributed by atoms with Crippen molar-refractivity contribution in [1.29, 1.82) is 0 Å². The lowest BCUT2D eigenvalue weighted by molar-refractivity contribution is 0.796. The third-order valence-corrected chi connectivity index (χ3v) is 7.69. The molecule has 0 aliphatic heterocycles. The summed E-state index contributed by atoms with van der Waals surface area (Å²) in [4.78, 5) is 2.18. The molecule has 0 bridgehead atoms. The van der Waals surface area contributed by atoms with E-state index in [2.05, 4.69) is 134 Å². The van der Waals surface area contributed by atoms with Crippen molar-refractivity contribution in [2.24, 2.45) is 0 Å². The first-order valence-corrected chi connectivity index (χ1v) is 11.9. The van der Waals surface area contributed by atoms with Gasteiger partial charge in [0.05, 0.1) is 5.41 Å². The minimum Gasteiger partial charge on any atom is -0.378 e. The lowest BCUT2D eigenvalue weighted by Gasteiger charge is -2.32. The molecule has 1 spiro atoms. The van der Waals surface area contributed by atoms with Crippen LogP contribution in [-0.4, -0.2) is 14.1 Å². The Hall–Kier alpha value is -4.10. The van der Waals surface area contributed by atoms with Crippen LogP contribution >= 0.6 is 0 Å². The van der Waals surface area contributed by atoms with E-state index in [9.17, 15) is 0 Å². The monoisotopic (exact) mass is 435 g/mol. The summed E-state index contributed by atoms with van der Waals surface area (Å²) in [7, 11) is 4.21. The van der Waals surface area contributed by atoms with Gasteiger partial charge in [-0.25, -0.2) is 0 Å². The summed E-state index contributed by atoms with van der Waals surface area (Å²) in [6, 6.07) is 42.8. The highest BCUT2D eigenvalue weighted by Gasteiger charge is 2.52. The van der Waals surface area contributed by atoms with Crippen LogP contribution in [0.1, 0.15) is 22.3 Å². The Labute approximate surface area is 201 Å². The lowest BCUT2D eigenvalue weighted by Crippen LogP contribution is -2.26. The van der Waals surface area contributed by atoms with Crippen LogP contribution in [-0.2, 0) is 5.41 Å². The second-order valence-electron chi connectivity index (χ2n) is 9.56. The van der Waals surface area contributed by atoms with Gasteiger partial charge >= 0.3 is 0 Å². The number of hydrogen-bond acceptors (Lipinski definition) is 1. The summed E-state index contributed by atoms with van der Waals surface area (Å²) < 4.78 is 0. The van der Waals surface area contributed by atoms with Crippen LogP contribution < -0.4 is 4.90 Å². The molecule has 0 amide bonds. The molecule has 1 heteroatoms. The molecule has 0 saturated carbocycles. The summed E-state index contributed by atoms with van der Waals surface area (Å²) in [6.45, 7) is 0. The van der Waals surface area contributed by atoms with Crippen molar-refractivity contribution < 1.29 is 0 Å². The molecule has 5 aromatic carbocycles. The number of fused-ring (bicyclic) bond motifs is 10. The number of hydrogen-bond donors (Lipinski definition) is 0. The molecule has 0 fully saturated rings. The van der Waals surface area contributed by atoms with E-state index >= 15 is 0 Å². The Morgan fingerprint density at radius 2 is 0.941 bits per heavy atom. The number of nitrogens with zero attached hydrogens (tertiary/aromatic N) is 1. The van der Waals surface area contributed by atoms with Crippen LogP contribution in [0, 0.1) is 0 Å². The zero-order chi connectivity index (χ0) is 22.9. The van der Waals surface area contributed by atoms with Gasteiger partial charge < -0.3 is 4.90 Å². The zero-order valence-corrected chi connectivity index (χ0v) is 19.4. The van der Waals surface area contributed by atoms with Crippen LogP contribution in [0.4, 0.5) is 5.69 Å². The van der Waals surface area contributed by atoms with Gasteiger partial charge in [-0.3, -0.25) is 0 Å². The first kappa shape index (κ1) is 19.4. The second kappa shape index (κ2) is 6.95. The number of anilines is 1. The van der Waals surface area contributed by atoms with E-state index in [1.807, 2.05) is 0 Å². The highest BCUT2D eigenvalue weighted by Crippen LogP contribution is 2.64. The third kappa shape index (κ3) is 2.34. The van der Waals surface area contributed by atoms with Gasteiger partial charge in [0.15, 0.2) is 0 Å². The molecule has 0 radical (unpaired) electrons. The fourth-order valence-electron chi connectivity index (χ4n) is 6.35. The molecule has 0 N–H and O–H groups in total. The topological polar surface area (TPSA) is 3.24 Å². The molecular weight excluding hydrogens is 410 g/mol. The largest absolute Gasteiger partial charge is 0.378 e. The normalized spacial score (nSPS) is 13.8. The quantitative estimate of drug-likeness (QED) is 0.268. The van der Waals surface area contributed by atoms with E-state index in [1.54, 1.807) is 0 Å². The lowest BCUT2D eigenvalue weighted by atomic mass is 9.68. The summed E-state index contributed by atoms with van der Waals surface area (Å²) in [6.07, 6.45) is 0. The van der Waals surface area contributed by atoms with E-state index in [-0.39, 0.29) is 5.41 Å². The van der Waals surface area contributed by atoms with Crippen LogP contribution in [0.25, 0.3) is 33.4 Å². The SMILES string of the molecule is CN(C)c1cccc(-c2cccc3c2C2(c4ccccc4-c4ccccc42)c2ccccc2-3)c1. The molecule has 0 saturated heterocycles. The van der Waals surface area contributed by atoms with Gasteiger partial charge in [0, 0.05) is 19.8 Å². The number of benzene rings is 5. The van der Waals surface area contributed by atoms with Crippen molar-refractivity contribution in [1.82, 2.24) is 0 Å². The maximum atomic E-state index is 2.34. The fourth-order valence-corrected chi connectivity index (χ4v) is 6.35. The standard InChI is InChI=1S/C33H25N/c1-34(2)23-12-9-11-22(21-23)24-16-10-17-28-27-15-5-8-20-31(27)33(32(24)28)29-18-6-3-13-25(29)26-14-4-7-19-30(26)33/h3-21H,1-2H3. The van der Waals surface area contributed by atoms with Crippen molar-refractivity contribution in [3.8, 4) is 33.4 Å². The molecule has 162 valence electrons. The summed E-state index contributed by atoms with van der Waals surface area (Å²) in [5.41, 5.74) is 14.4. The Morgan fingerprint density at radius 1 is 0.471 bits per heavy atom. The van der Waals surface area contributed by atoms with Gasteiger partial charge in [-0.15, -0.1) is 0 Å². The van der Waals surface area contributed by atoms with Gasteiger partial charge in [0.25, 0.3) is 0 Å². The van der Waals surface area contributed by atoms with Gasteiger partial charge in [-0.2, -0.15) is 0 Å². The Bertz CT molecular complexity index is 1530. The third-order valence-electron chi connectivity index (χ3n) is 7.69. The van der Waals surface area contributed by atoms with E-state index in [0.717, 1.165) is 0 Å². The maximum Gasteiger partial charge on any atom is 0.0731 e. The molecule has 0 unspecified atom stereocenters. The van der Waals surface area contributed by atoms with Gasteiger partial charge in [-0.1, -0.05) is 103 Å². The van der Waals surface area contributed by atoms with Crippen molar-refractivity contribution in [2.75, 3.05) is 19.0 Å². The van der Waals surface area contributed by atoms with Gasteiger partial charge in [0.2, 0.25) is 0 Å². The molecule has 34 heavy (non-hydrogen) atoms. The molecule has 0 aromatic heterocycles. The van der Waals surface area contributed by atoms with E-state index in [4.69, 9.17) is 0 Å². The molecule has 0 atom stereocenters.